The van der Waals surface area contributed by atoms with Crippen LogP contribution in [0.25, 0.3) is 11.4 Å². The number of hydrogen-bond acceptors (Lipinski definition) is 6. The van der Waals surface area contributed by atoms with Gasteiger partial charge < -0.3 is 9.47 Å². The summed E-state index contributed by atoms with van der Waals surface area (Å²) in [6.07, 6.45) is 7.74. The number of rotatable bonds is 11. The van der Waals surface area contributed by atoms with Crippen molar-refractivity contribution in [3.05, 3.63) is 22.3 Å². The summed E-state index contributed by atoms with van der Waals surface area (Å²) in [6, 6.07) is 0. The van der Waals surface area contributed by atoms with E-state index >= 15 is 0 Å². The molecule has 0 saturated heterocycles. The Hall–Kier alpha value is -2.24. The molecule has 0 aliphatic carbocycles. The van der Waals surface area contributed by atoms with Crippen molar-refractivity contribution in [1.82, 2.24) is 20.4 Å². The molecule has 2 aromatic heterocycles. The predicted molar refractivity (Wildman–Crippen MR) is 112 cm³/mol. The lowest BCUT2D eigenvalue weighted by atomic mass is 9.93. The van der Waals surface area contributed by atoms with E-state index in [2.05, 4.69) is 48.1 Å². The van der Waals surface area contributed by atoms with Crippen LogP contribution in [-0.2, 0) is 25.7 Å². The molecule has 6 heteroatoms. The smallest absolute Gasteiger partial charge is 0.236 e. The third-order valence-electron chi connectivity index (χ3n) is 4.91. The second-order valence-electron chi connectivity index (χ2n) is 7.03. The van der Waals surface area contributed by atoms with E-state index in [0.29, 0.717) is 11.8 Å². The van der Waals surface area contributed by atoms with Gasteiger partial charge in [-0.1, -0.05) is 53.4 Å². The fraction of sp³-hybridized carbons (Fsp3) is 0.636. The van der Waals surface area contributed by atoms with Crippen LogP contribution in [-0.4, -0.2) is 34.6 Å². The standard InChI is InChI=1S/C22H34N4O2/c1-7-11-15-17(13-9-3)21(27-5)25-23-19(15)20-16(12-8-2)18(14-10-4)22(28-6)26-24-20/h7-14H2,1-6H3. The zero-order valence-electron chi connectivity index (χ0n) is 18.3. The fourth-order valence-corrected chi connectivity index (χ4v) is 3.74. The molecular formula is C22H34N4O2. The first-order chi connectivity index (χ1) is 13.7. The summed E-state index contributed by atoms with van der Waals surface area (Å²) in [4.78, 5) is 0. The predicted octanol–water partition coefficient (Wildman–Crippen LogP) is 4.76. The molecule has 0 N–H and O–H groups in total. The SMILES string of the molecule is CCCc1c(OC)nnc(-c2nnc(OC)c(CCC)c2CCC)c1CCC. The first-order valence-corrected chi connectivity index (χ1v) is 10.5. The molecule has 0 amide bonds. The highest BCUT2D eigenvalue weighted by Crippen LogP contribution is 2.34. The van der Waals surface area contributed by atoms with Crippen molar-refractivity contribution in [3.8, 4) is 23.1 Å². The average Bonchev–Trinajstić information content (AvgIpc) is 2.71. The van der Waals surface area contributed by atoms with Gasteiger partial charge in [-0.3, -0.25) is 0 Å². The number of hydrogen-bond donors (Lipinski definition) is 0. The topological polar surface area (TPSA) is 70.0 Å². The van der Waals surface area contributed by atoms with Crippen molar-refractivity contribution < 1.29 is 9.47 Å². The van der Waals surface area contributed by atoms with Gasteiger partial charge in [0.2, 0.25) is 11.8 Å². The van der Waals surface area contributed by atoms with Crippen molar-refractivity contribution >= 4 is 0 Å². The van der Waals surface area contributed by atoms with Gasteiger partial charge in [-0.05, 0) is 36.8 Å². The lowest BCUT2D eigenvalue weighted by Gasteiger charge is -2.19. The van der Waals surface area contributed by atoms with Gasteiger partial charge in [0.05, 0.1) is 14.2 Å². The summed E-state index contributed by atoms with van der Waals surface area (Å²) in [7, 11) is 3.32. The maximum absolute atomic E-state index is 5.52. The van der Waals surface area contributed by atoms with E-state index in [9.17, 15) is 0 Å². The van der Waals surface area contributed by atoms with Gasteiger partial charge >= 0.3 is 0 Å². The van der Waals surface area contributed by atoms with Gasteiger partial charge in [0.15, 0.2) is 0 Å². The van der Waals surface area contributed by atoms with E-state index in [0.717, 1.165) is 73.9 Å². The van der Waals surface area contributed by atoms with E-state index in [4.69, 9.17) is 9.47 Å². The average molecular weight is 387 g/mol. The van der Waals surface area contributed by atoms with E-state index < -0.39 is 0 Å². The molecule has 28 heavy (non-hydrogen) atoms. The molecular weight excluding hydrogens is 352 g/mol. The summed E-state index contributed by atoms with van der Waals surface area (Å²) in [5.41, 5.74) is 6.37. The lowest BCUT2D eigenvalue weighted by molar-refractivity contribution is 0.383. The maximum Gasteiger partial charge on any atom is 0.236 e. The Morgan fingerprint density at radius 3 is 1.11 bits per heavy atom. The minimum Gasteiger partial charge on any atom is -0.480 e. The second kappa shape index (κ2) is 10.9. The third kappa shape index (κ3) is 4.59. The highest BCUT2D eigenvalue weighted by molar-refractivity contribution is 5.67. The summed E-state index contributed by atoms with van der Waals surface area (Å²) in [5.74, 6) is 1.25. The Balaban J connectivity index is 2.78. The molecule has 0 spiro atoms. The van der Waals surface area contributed by atoms with Gasteiger partial charge in [0, 0.05) is 11.1 Å². The van der Waals surface area contributed by atoms with Crippen LogP contribution in [0.1, 0.15) is 75.6 Å². The molecule has 2 heterocycles. The molecule has 0 fully saturated rings. The van der Waals surface area contributed by atoms with Crippen molar-refractivity contribution in [2.75, 3.05) is 14.2 Å². The first kappa shape index (κ1) is 22.1. The lowest BCUT2D eigenvalue weighted by Crippen LogP contribution is -2.11. The molecule has 154 valence electrons. The third-order valence-corrected chi connectivity index (χ3v) is 4.91. The van der Waals surface area contributed by atoms with E-state index in [1.165, 1.54) is 11.1 Å². The van der Waals surface area contributed by atoms with Gasteiger partial charge in [0.25, 0.3) is 0 Å². The summed E-state index contributed by atoms with van der Waals surface area (Å²) in [5, 5.41) is 17.9. The number of methoxy groups -OCH3 is 2. The normalized spacial score (nSPS) is 10.9. The Bertz CT molecular complexity index is 712. The molecule has 0 atom stereocenters. The number of nitrogens with zero attached hydrogens (tertiary/aromatic N) is 4. The number of ether oxygens (including phenoxy) is 2. The number of aromatic nitrogens is 4. The van der Waals surface area contributed by atoms with Gasteiger partial charge in [0.1, 0.15) is 11.4 Å². The van der Waals surface area contributed by atoms with Crippen LogP contribution in [0.2, 0.25) is 0 Å². The van der Waals surface area contributed by atoms with Crippen LogP contribution >= 0.6 is 0 Å². The Morgan fingerprint density at radius 2 is 0.821 bits per heavy atom. The Kier molecular flexibility index (Phi) is 8.61. The van der Waals surface area contributed by atoms with E-state index in [1.807, 2.05) is 0 Å². The summed E-state index contributed by atoms with van der Waals surface area (Å²) < 4.78 is 11.0. The largest absolute Gasteiger partial charge is 0.480 e. The van der Waals surface area contributed by atoms with Crippen LogP contribution in [0.15, 0.2) is 0 Å². The molecule has 0 aliphatic heterocycles. The minimum absolute atomic E-state index is 0.626. The molecule has 0 unspecified atom stereocenters. The molecule has 0 radical (unpaired) electrons. The summed E-state index contributed by atoms with van der Waals surface area (Å²) >= 11 is 0. The van der Waals surface area contributed by atoms with Crippen LogP contribution in [0, 0.1) is 0 Å². The van der Waals surface area contributed by atoms with Crippen molar-refractivity contribution in [1.29, 1.82) is 0 Å². The minimum atomic E-state index is 0.626. The van der Waals surface area contributed by atoms with Gasteiger partial charge in [-0.2, -0.15) is 0 Å². The first-order valence-electron chi connectivity index (χ1n) is 10.5. The van der Waals surface area contributed by atoms with Crippen LogP contribution in [0.3, 0.4) is 0 Å². The molecule has 0 bridgehead atoms. The maximum atomic E-state index is 5.52. The van der Waals surface area contributed by atoms with Gasteiger partial charge in [-0.15, -0.1) is 20.4 Å². The van der Waals surface area contributed by atoms with Crippen LogP contribution in [0.5, 0.6) is 11.8 Å². The summed E-state index contributed by atoms with van der Waals surface area (Å²) in [6.45, 7) is 8.71. The van der Waals surface area contributed by atoms with Crippen molar-refractivity contribution in [2.24, 2.45) is 0 Å². The Morgan fingerprint density at radius 1 is 0.500 bits per heavy atom. The monoisotopic (exact) mass is 386 g/mol. The zero-order chi connectivity index (χ0) is 20.5. The van der Waals surface area contributed by atoms with Crippen LogP contribution in [0.4, 0.5) is 0 Å². The van der Waals surface area contributed by atoms with Crippen LogP contribution < -0.4 is 9.47 Å². The zero-order valence-corrected chi connectivity index (χ0v) is 18.3. The molecule has 2 aromatic rings. The van der Waals surface area contributed by atoms with E-state index in [1.54, 1.807) is 14.2 Å². The quantitative estimate of drug-likeness (QED) is 0.554. The molecule has 6 nitrogen and oxygen atoms in total. The highest BCUT2D eigenvalue weighted by atomic mass is 16.5. The molecule has 0 saturated carbocycles. The van der Waals surface area contributed by atoms with E-state index in [-0.39, 0.29) is 0 Å². The highest BCUT2D eigenvalue weighted by Gasteiger charge is 2.23. The van der Waals surface area contributed by atoms with Gasteiger partial charge in [-0.25, -0.2) is 0 Å². The fourth-order valence-electron chi connectivity index (χ4n) is 3.74. The molecule has 2 rings (SSSR count). The molecule has 0 aromatic carbocycles. The van der Waals surface area contributed by atoms with Crippen molar-refractivity contribution in [2.45, 2.75) is 79.1 Å². The van der Waals surface area contributed by atoms with Crippen molar-refractivity contribution in [3.63, 3.8) is 0 Å². The molecule has 0 aliphatic rings. The second-order valence-corrected chi connectivity index (χ2v) is 7.03. The Labute approximate surface area is 169 Å².